The highest BCUT2D eigenvalue weighted by atomic mass is 14.7. The van der Waals surface area contributed by atoms with Crippen molar-refractivity contribution in [3.05, 3.63) is 28.1 Å². The lowest BCUT2D eigenvalue weighted by Gasteiger charge is -2.09. The van der Waals surface area contributed by atoms with Crippen LogP contribution in [0.3, 0.4) is 0 Å². The van der Waals surface area contributed by atoms with Crippen LogP contribution in [0.5, 0.6) is 0 Å². The summed E-state index contributed by atoms with van der Waals surface area (Å²) in [6, 6.07) is 0. The zero-order valence-electron chi connectivity index (χ0n) is 9.95. The quantitative estimate of drug-likeness (QED) is 0.592. The number of pyridine rings is 1. The van der Waals surface area contributed by atoms with Gasteiger partial charge in [-0.1, -0.05) is 13.8 Å². The van der Waals surface area contributed by atoms with Gasteiger partial charge in [-0.05, 0) is 51.3 Å². The summed E-state index contributed by atoms with van der Waals surface area (Å²) >= 11 is 0. The number of rotatable bonds is 0. The van der Waals surface area contributed by atoms with Crippen molar-refractivity contribution < 1.29 is 0 Å². The Kier molecular flexibility index (Phi) is 4.68. The van der Waals surface area contributed by atoms with Gasteiger partial charge >= 0.3 is 0 Å². The van der Waals surface area contributed by atoms with E-state index in [2.05, 4.69) is 39.6 Å². The number of nitrogens with zero attached hydrogens (tertiary/aromatic N) is 1. The van der Waals surface area contributed by atoms with Crippen molar-refractivity contribution in [3.63, 3.8) is 0 Å². The molecule has 1 aromatic heterocycles. The first kappa shape index (κ1) is 12.2. The molecule has 0 N–H and O–H groups in total. The molecule has 0 saturated carbocycles. The van der Waals surface area contributed by atoms with Crippen molar-refractivity contribution in [2.24, 2.45) is 0 Å². The van der Waals surface area contributed by atoms with Crippen LogP contribution in [0.15, 0.2) is 0 Å². The largest absolute Gasteiger partial charge is 0.258 e. The second kappa shape index (κ2) is 5.00. The van der Waals surface area contributed by atoms with Crippen LogP contribution in [0, 0.1) is 34.6 Å². The minimum atomic E-state index is 1.16. The predicted molar refractivity (Wildman–Crippen MR) is 59.3 cm³/mol. The van der Waals surface area contributed by atoms with Crippen LogP contribution in [0.4, 0.5) is 0 Å². The molecule has 0 aliphatic carbocycles. The zero-order chi connectivity index (χ0) is 10.6. The SMILES string of the molecule is CC.Cc1nc(C)c(C)c(C)c1C. The summed E-state index contributed by atoms with van der Waals surface area (Å²) in [5.41, 5.74) is 6.35. The number of hydrogen-bond donors (Lipinski definition) is 0. The molecule has 0 amide bonds. The van der Waals surface area contributed by atoms with Gasteiger partial charge in [-0.25, -0.2) is 0 Å². The molecule has 0 bridgehead atoms. The number of aryl methyl sites for hydroxylation is 2. The van der Waals surface area contributed by atoms with Crippen molar-refractivity contribution in [2.75, 3.05) is 0 Å². The molecule has 74 valence electrons. The van der Waals surface area contributed by atoms with Gasteiger partial charge in [0.1, 0.15) is 0 Å². The summed E-state index contributed by atoms with van der Waals surface area (Å²) in [6.07, 6.45) is 0. The zero-order valence-corrected chi connectivity index (χ0v) is 9.95. The van der Waals surface area contributed by atoms with Gasteiger partial charge in [-0.3, -0.25) is 4.98 Å². The van der Waals surface area contributed by atoms with E-state index in [1.807, 2.05) is 13.8 Å². The van der Waals surface area contributed by atoms with E-state index in [0.717, 1.165) is 11.4 Å². The summed E-state index contributed by atoms with van der Waals surface area (Å²) in [5.74, 6) is 0. The molecule has 0 saturated heterocycles. The summed E-state index contributed by atoms with van der Waals surface area (Å²) in [6.45, 7) is 14.5. The second-order valence-corrected chi connectivity index (χ2v) is 3.16. The molecule has 0 aliphatic heterocycles. The molecule has 13 heavy (non-hydrogen) atoms. The highest BCUT2D eigenvalue weighted by Gasteiger charge is 2.03. The van der Waals surface area contributed by atoms with Gasteiger partial charge in [0.15, 0.2) is 0 Å². The highest BCUT2D eigenvalue weighted by molar-refractivity contribution is 5.36. The van der Waals surface area contributed by atoms with Gasteiger partial charge in [0.2, 0.25) is 0 Å². The first-order valence-corrected chi connectivity index (χ1v) is 4.95. The van der Waals surface area contributed by atoms with Crippen molar-refractivity contribution in [1.82, 2.24) is 4.98 Å². The van der Waals surface area contributed by atoms with E-state index < -0.39 is 0 Å². The van der Waals surface area contributed by atoms with E-state index in [0.29, 0.717) is 0 Å². The van der Waals surface area contributed by atoms with Crippen molar-refractivity contribution >= 4 is 0 Å². The second-order valence-electron chi connectivity index (χ2n) is 3.16. The molecule has 1 heteroatoms. The fourth-order valence-corrected chi connectivity index (χ4v) is 1.24. The Labute approximate surface area is 82.2 Å². The van der Waals surface area contributed by atoms with E-state index in [1.165, 1.54) is 16.7 Å². The maximum Gasteiger partial charge on any atom is 0.0407 e. The first-order valence-electron chi connectivity index (χ1n) is 4.95. The Morgan fingerprint density at radius 2 is 0.923 bits per heavy atom. The van der Waals surface area contributed by atoms with Crippen molar-refractivity contribution in [1.29, 1.82) is 0 Å². The minimum absolute atomic E-state index is 1.16. The molecular formula is C12H21N. The topological polar surface area (TPSA) is 12.9 Å². The molecule has 1 heterocycles. The molecule has 0 radical (unpaired) electrons. The van der Waals surface area contributed by atoms with Crippen LogP contribution in [0.1, 0.15) is 41.9 Å². The van der Waals surface area contributed by atoms with E-state index in [-0.39, 0.29) is 0 Å². The standard InChI is InChI=1S/C10H15N.C2H6/c1-6-7(2)9(4)11-10(5)8(6)3;1-2/h1-5H3;1-2H3. The van der Waals surface area contributed by atoms with Gasteiger partial charge in [0.25, 0.3) is 0 Å². The molecule has 1 rings (SSSR count). The molecular weight excluding hydrogens is 158 g/mol. The third-order valence-electron chi connectivity index (χ3n) is 2.55. The van der Waals surface area contributed by atoms with Crippen LogP contribution < -0.4 is 0 Å². The van der Waals surface area contributed by atoms with Gasteiger partial charge in [0.05, 0.1) is 0 Å². The molecule has 0 aliphatic rings. The van der Waals surface area contributed by atoms with Crippen LogP contribution in [0.25, 0.3) is 0 Å². The van der Waals surface area contributed by atoms with E-state index in [1.54, 1.807) is 0 Å². The van der Waals surface area contributed by atoms with Gasteiger partial charge in [-0.2, -0.15) is 0 Å². The van der Waals surface area contributed by atoms with E-state index >= 15 is 0 Å². The molecule has 0 atom stereocenters. The monoisotopic (exact) mass is 179 g/mol. The Morgan fingerprint density at radius 3 is 1.23 bits per heavy atom. The summed E-state index contributed by atoms with van der Waals surface area (Å²) in [7, 11) is 0. The third kappa shape index (κ3) is 2.55. The summed E-state index contributed by atoms with van der Waals surface area (Å²) < 4.78 is 0. The molecule has 0 unspecified atom stereocenters. The number of aromatic nitrogens is 1. The normalized spacial score (nSPS) is 9.15. The molecule has 0 fully saturated rings. The van der Waals surface area contributed by atoms with Crippen LogP contribution >= 0.6 is 0 Å². The fraction of sp³-hybridized carbons (Fsp3) is 0.583. The van der Waals surface area contributed by atoms with E-state index in [9.17, 15) is 0 Å². The highest BCUT2D eigenvalue weighted by Crippen LogP contribution is 2.16. The van der Waals surface area contributed by atoms with Crippen LogP contribution in [0.2, 0.25) is 0 Å². The fourth-order valence-electron chi connectivity index (χ4n) is 1.24. The maximum absolute atomic E-state index is 4.43. The summed E-state index contributed by atoms with van der Waals surface area (Å²) in [5, 5.41) is 0. The Hall–Kier alpha value is -0.850. The van der Waals surface area contributed by atoms with E-state index in [4.69, 9.17) is 0 Å². The van der Waals surface area contributed by atoms with Gasteiger partial charge in [0, 0.05) is 11.4 Å². The lowest BCUT2D eigenvalue weighted by atomic mass is 10.0. The lowest BCUT2D eigenvalue weighted by molar-refractivity contribution is 1.03. The number of hydrogen-bond acceptors (Lipinski definition) is 1. The molecule has 0 spiro atoms. The molecule has 0 aromatic carbocycles. The predicted octanol–water partition coefficient (Wildman–Crippen LogP) is 3.65. The lowest BCUT2D eigenvalue weighted by Crippen LogP contribution is -1.98. The molecule has 1 aromatic rings. The Balaban J connectivity index is 0.000000671. The van der Waals surface area contributed by atoms with Crippen molar-refractivity contribution in [2.45, 2.75) is 48.5 Å². The summed E-state index contributed by atoms with van der Waals surface area (Å²) in [4.78, 5) is 4.43. The van der Waals surface area contributed by atoms with Crippen LogP contribution in [-0.4, -0.2) is 4.98 Å². The smallest absolute Gasteiger partial charge is 0.0407 e. The van der Waals surface area contributed by atoms with Crippen LogP contribution in [-0.2, 0) is 0 Å². The first-order chi connectivity index (χ1) is 6.04. The average Bonchev–Trinajstić information content (AvgIpc) is 2.15. The average molecular weight is 179 g/mol. The Morgan fingerprint density at radius 1 is 0.615 bits per heavy atom. The van der Waals surface area contributed by atoms with Gasteiger partial charge < -0.3 is 0 Å². The maximum atomic E-state index is 4.43. The Bertz CT molecular complexity index is 261. The molecule has 1 nitrogen and oxygen atoms in total. The third-order valence-corrected chi connectivity index (χ3v) is 2.55. The minimum Gasteiger partial charge on any atom is -0.258 e. The van der Waals surface area contributed by atoms with Crippen molar-refractivity contribution in [3.8, 4) is 0 Å². The van der Waals surface area contributed by atoms with Gasteiger partial charge in [-0.15, -0.1) is 0 Å².